The minimum atomic E-state index is -4.71. The number of thiazole rings is 1. The van der Waals surface area contributed by atoms with Crippen LogP contribution < -0.4 is 62.0 Å². The molecule has 0 aromatic carbocycles. The van der Waals surface area contributed by atoms with Gasteiger partial charge >= 0.3 is 61.7 Å². The molecule has 0 aliphatic carbocycles. The predicted octanol–water partition coefficient (Wildman–Crippen LogP) is -4.47. The molecule has 24 heavy (non-hydrogen) atoms. The minimum Gasteiger partial charge on any atom is -1.00 e. The Hall–Kier alpha value is -0.744. The van der Waals surface area contributed by atoms with Crippen molar-refractivity contribution in [3.8, 4) is 0 Å². The topological polar surface area (TPSA) is 163 Å². The number of ketones is 1. The van der Waals surface area contributed by atoms with Crippen LogP contribution in [0.2, 0.25) is 0 Å². The maximum absolute atomic E-state index is 11.9. The van der Waals surface area contributed by atoms with Gasteiger partial charge in [0.25, 0.3) is 17.6 Å². The maximum Gasteiger partial charge on any atom is 1.00 e. The molecule has 1 fully saturated rings. The average Bonchev–Trinajstić information content (AvgIpc) is 2.91. The molecular weight excluding hydrogens is 391 g/mol. The Bertz CT molecular complexity index is 799. The van der Waals surface area contributed by atoms with Gasteiger partial charge < -0.3 is 12.1 Å². The Labute approximate surface area is 184 Å². The number of carbonyl (C=O) groups is 4. The van der Waals surface area contributed by atoms with E-state index in [-0.39, 0.29) is 67.9 Å². The van der Waals surface area contributed by atoms with Gasteiger partial charge in [0.2, 0.25) is 6.41 Å². The Morgan fingerprint density at radius 1 is 1.50 bits per heavy atom. The van der Waals surface area contributed by atoms with Crippen LogP contribution in [0.3, 0.4) is 0 Å². The summed E-state index contributed by atoms with van der Waals surface area (Å²) in [6.45, 7) is 1.28. The molecule has 126 valence electrons. The third-order valence-electron chi connectivity index (χ3n) is 3.00. The largest absolute Gasteiger partial charge is 1.00 e. The van der Waals surface area contributed by atoms with Crippen LogP contribution in [0, 0.1) is 0 Å². The Morgan fingerprint density at radius 2 is 2.12 bits per heavy atom. The van der Waals surface area contributed by atoms with Crippen molar-refractivity contribution in [1.29, 1.82) is 0 Å². The van der Waals surface area contributed by atoms with Crippen LogP contribution in [0.4, 0.5) is 5.13 Å². The number of amides is 3. The fraction of sp³-hybridized carbons (Fsp3) is 0.300. The first-order valence-electron chi connectivity index (χ1n) is 5.98. The minimum absolute atomic E-state index is 0. The number of nitrogens with one attached hydrogen (secondary N) is 2. The first kappa shape index (κ1) is 21.3. The fourth-order valence-corrected chi connectivity index (χ4v) is 3.45. The second kappa shape index (κ2) is 8.09. The van der Waals surface area contributed by atoms with Crippen LogP contribution in [-0.2, 0) is 24.7 Å². The molecule has 2 heterocycles. The SMILES string of the molecule is C[C@H]1[C@H](NC(=O)C(=O)c2csc(NC=O)n2)C(=O)N1S(=O)(=O)O.[H-].[K+]. The van der Waals surface area contributed by atoms with Crippen molar-refractivity contribution in [3.63, 3.8) is 0 Å². The van der Waals surface area contributed by atoms with Gasteiger partial charge in [-0.3, -0.25) is 23.7 Å². The van der Waals surface area contributed by atoms with Gasteiger partial charge in [0.05, 0.1) is 6.04 Å². The van der Waals surface area contributed by atoms with Gasteiger partial charge in [-0.05, 0) is 6.92 Å². The van der Waals surface area contributed by atoms with Crippen LogP contribution in [0.25, 0.3) is 0 Å². The van der Waals surface area contributed by atoms with Crippen molar-refractivity contribution in [2.24, 2.45) is 0 Å². The van der Waals surface area contributed by atoms with Crippen molar-refractivity contribution in [1.82, 2.24) is 14.6 Å². The van der Waals surface area contributed by atoms with Crippen LogP contribution >= 0.6 is 11.3 Å². The number of carbonyl (C=O) groups excluding carboxylic acids is 4. The number of Topliss-reactive ketones (excluding diaryl/α,β-unsaturated/α-hetero) is 1. The number of nitrogens with zero attached hydrogens (tertiary/aromatic N) is 2. The number of β-lactam (4-membered cyclic amide) rings is 1. The van der Waals surface area contributed by atoms with E-state index in [4.69, 9.17) is 4.55 Å². The Kier molecular flexibility index (Phi) is 7.18. The molecule has 1 aromatic heterocycles. The molecule has 0 radical (unpaired) electrons. The van der Waals surface area contributed by atoms with Gasteiger partial charge in [0.1, 0.15) is 11.7 Å². The molecule has 2 rings (SSSR count). The van der Waals surface area contributed by atoms with Crippen molar-refractivity contribution in [3.05, 3.63) is 11.1 Å². The molecule has 0 unspecified atom stereocenters. The molecule has 0 spiro atoms. The van der Waals surface area contributed by atoms with E-state index in [9.17, 15) is 27.6 Å². The van der Waals surface area contributed by atoms with Gasteiger partial charge in [0.15, 0.2) is 5.13 Å². The predicted molar refractivity (Wildman–Crippen MR) is 77.0 cm³/mol. The first-order chi connectivity index (χ1) is 10.7. The summed E-state index contributed by atoms with van der Waals surface area (Å²) < 4.78 is 30.9. The van der Waals surface area contributed by atoms with Gasteiger partial charge in [-0.1, -0.05) is 0 Å². The summed E-state index contributed by atoms with van der Waals surface area (Å²) in [5.41, 5.74) is -0.233. The monoisotopic (exact) mass is 402 g/mol. The zero-order chi connectivity index (χ0) is 17.4. The molecular formula is C10H11KN4O7S2. The fourth-order valence-electron chi connectivity index (χ4n) is 1.92. The normalized spacial score (nSPS) is 19.8. The van der Waals surface area contributed by atoms with E-state index in [1.54, 1.807) is 0 Å². The second-order valence-corrected chi connectivity index (χ2v) is 6.58. The Morgan fingerprint density at radius 3 is 2.62 bits per heavy atom. The summed E-state index contributed by atoms with van der Waals surface area (Å²) in [6, 6.07) is -2.28. The van der Waals surface area contributed by atoms with Crippen molar-refractivity contribution >= 4 is 50.8 Å². The maximum atomic E-state index is 11.9. The second-order valence-electron chi connectivity index (χ2n) is 4.43. The number of anilines is 1. The number of rotatable bonds is 6. The molecule has 3 N–H and O–H groups in total. The standard InChI is InChI=1S/C10H10N4O7S2.K.H/c1-4-6(9(18)14(4)23(19,20)21)13-8(17)7(16)5-2-22-10(12-5)11-3-15;;/h2-4,6H,1H3,(H,13,17)(H,11,12,15)(H,19,20,21);;/q;+1;-1/t4-,6-;;/m0../s1. The molecule has 2 atom stereocenters. The van der Waals surface area contributed by atoms with Crippen molar-refractivity contribution in [2.45, 2.75) is 19.0 Å². The van der Waals surface area contributed by atoms with E-state index in [1.807, 2.05) is 0 Å². The molecule has 3 amide bonds. The van der Waals surface area contributed by atoms with Crippen LogP contribution in [-0.4, -0.2) is 58.4 Å². The summed E-state index contributed by atoms with van der Waals surface area (Å²) in [4.78, 5) is 49.2. The van der Waals surface area contributed by atoms with E-state index >= 15 is 0 Å². The van der Waals surface area contributed by atoms with E-state index in [0.29, 0.717) is 6.41 Å². The summed E-state index contributed by atoms with van der Waals surface area (Å²) in [7, 11) is -4.71. The van der Waals surface area contributed by atoms with E-state index in [1.165, 1.54) is 12.3 Å². The first-order valence-corrected chi connectivity index (χ1v) is 8.26. The molecule has 11 nitrogen and oxygen atoms in total. The molecule has 14 heteroatoms. The third-order valence-corrected chi connectivity index (χ3v) is 4.78. The molecule has 1 saturated heterocycles. The van der Waals surface area contributed by atoms with Gasteiger partial charge in [0, 0.05) is 5.38 Å². The summed E-state index contributed by atoms with van der Waals surface area (Å²) in [6.07, 6.45) is 0.353. The van der Waals surface area contributed by atoms with Crippen molar-refractivity contribution < 1.29 is 85.0 Å². The third kappa shape index (κ3) is 4.26. The van der Waals surface area contributed by atoms with Crippen LogP contribution in [0.15, 0.2) is 5.38 Å². The summed E-state index contributed by atoms with van der Waals surface area (Å²) in [5, 5.41) is 5.64. The summed E-state index contributed by atoms with van der Waals surface area (Å²) >= 11 is 0.921. The quantitative estimate of drug-likeness (QED) is 0.107. The molecule has 1 aliphatic rings. The Balaban J connectivity index is 0.00000288. The smallest absolute Gasteiger partial charge is 1.00 e. The number of hydrogen-bond acceptors (Lipinski definition) is 8. The summed E-state index contributed by atoms with van der Waals surface area (Å²) in [5.74, 6) is -3.26. The molecule has 0 bridgehead atoms. The zero-order valence-corrected chi connectivity index (χ0v) is 17.2. The van der Waals surface area contributed by atoms with Crippen molar-refractivity contribution in [2.75, 3.05) is 5.32 Å². The van der Waals surface area contributed by atoms with E-state index in [2.05, 4.69) is 15.6 Å². The molecule has 1 aliphatic heterocycles. The van der Waals surface area contributed by atoms with Gasteiger partial charge in [-0.15, -0.1) is 11.3 Å². The van der Waals surface area contributed by atoms with Gasteiger partial charge in [-0.25, -0.2) is 9.29 Å². The van der Waals surface area contributed by atoms with E-state index < -0.39 is 40.0 Å². The van der Waals surface area contributed by atoms with Crippen LogP contribution in [0.5, 0.6) is 0 Å². The zero-order valence-electron chi connectivity index (χ0n) is 13.4. The average molecular weight is 402 g/mol. The van der Waals surface area contributed by atoms with E-state index in [0.717, 1.165) is 11.3 Å². The van der Waals surface area contributed by atoms with Crippen LogP contribution in [0.1, 0.15) is 18.8 Å². The number of hydrogen-bond donors (Lipinski definition) is 3. The molecule has 1 aromatic rings. The van der Waals surface area contributed by atoms with Gasteiger partial charge in [-0.2, -0.15) is 8.42 Å². The number of aromatic nitrogens is 1. The molecule has 0 saturated carbocycles.